The number of rotatable bonds is 7. The summed E-state index contributed by atoms with van der Waals surface area (Å²) in [6, 6.07) is 23.7. The first-order valence-electron chi connectivity index (χ1n) is 10.3. The van der Waals surface area contributed by atoms with E-state index in [4.69, 9.17) is 9.57 Å². The van der Waals surface area contributed by atoms with Crippen molar-refractivity contribution in [2.45, 2.75) is 11.3 Å². The Kier molecular flexibility index (Phi) is 6.36. The van der Waals surface area contributed by atoms with Crippen LogP contribution in [0.4, 0.5) is 11.4 Å². The van der Waals surface area contributed by atoms with E-state index in [-0.39, 0.29) is 6.61 Å². The van der Waals surface area contributed by atoms with E-state index in [1.807, 2.05) is 85.7 Å². The van der Waals surface area contributed by atoms with Crippen LogP contribution in [0.25, 0.3) is 0 Å². The molecule has 3 aromatic carbocycles. The lowest BCUT2D eigenvalue weighted by Crippen LogP contribution is -2.34. The molecule has 7 nitrogen and oxygen atoms in total. The molecule has 0 radical (unpaired) electrons. The van der Waals surface area contributed by atoms with Crippen LogP contribution in [-0.4, -0.2) is 46.5 Å². The molecular weight excluding hydrogens is 426 g/mol. The van der Waals surface area contributed by atoms with Gasteiger partial charge in [0.25, 0.3) is 0 Å². The van der Waals surface area contributed by atoms with Crippen molar-refractivity contribution in [1.29, 1.82) is 0 Å². The van der Waals surface area contributed by atoms with Crippen molar-refractivity contribution in [3.63, 3.8) is 0 Å². The highest BCUT2D eigenvalue weighted by Gasteiger charge is 2.43. The highest BCUT2D eigenvalue weighted by Crippen LogP contribution is 2.36. The molecule has 1 aliphatic rings. The molecule has 1 fully saturated rings. The van der Waals surface area contributed by atoms with Crippen molar-refractivity contribution < 1.29 is 18.0 Å². The summed E-state index contributed by atoms with van der Waals surface area (Å²) in [6.07, 6.45) is 0. The van der Waals surface area contributed by atoms with Gasteiger partial charge in [-0.2, -0.15) is 5.06 Å². The first-order chi connectivity index (χ1) is 15.3. The minimum Gasteiger partial charge on any atom is -0.457 e. The van der Waals surface area contributed by atoms with Crippen LogP contribution < -0.4 is 14.4 Å². The Bertz CT molecular complexity index is 1150. The monoisotopic (exact) mass is 453 g/mol. The molecule has 2 atom stereocenters. The van der Waals surface area contributed by atoms with Gasteiger partial charge in [0, 0.05) is 32.5 Å². The third-order valence-electron chi connectivity index (χ3n) is 5.41. The predicted octanol–water partition coefficient (Wildman–Crippen LogP) is 4.27. The summed E-state index contributed by atoms with van der Waals surface area (Å²) in [7, 11) is 1.90. The highest BCUT2D eigenvalue weighted by atomic mass is 32.2. The van der Waals surface area contributed by atoms with Gasteiger partial charge in [-0.1, -0.05) is 30.3 Å². The molecule has 32 heavy (non-hydrogen) atoms. The quantitative estimate of drug-likeness (QED) is 0.576. The van der Waals surface area contributed by atoms with E-state index in [9.17, 15) is 8.42 Å². The number of anilines is 2. The highest BCUT2D eigenvalue weighted by molar-refractivity contribution is 7.93. The summed E-state index contributed by atoms with van der Waals surface area (Å²) in [6.45, 7) is 0.0655. The molecular formula is C24H27N3O4S. The van der Waals surface area contributed by atoms with Crippen LogP contribution in [0.3, 0.4) is 0 Å². The van der Waals surface area contributed by atoms with Crippen LogP contribution in [0.5, 0.6) is 11.5 Å². The van der Waals surface area contributed by atoms with Crippen LogP contribution >= 0.6 is 0 Å². The summed E-state index contributed by atoms with van der Waals surface area (Å²) in [4.78, 5) is 7.59. The normalized spacial score (nSPS) is 19.0. The van der Waals surface area contributed by atoms with Gasteiger partial charge in [-0.3, -0.25) is 9.56 Å². The number of hydroxylamine groups is 2. The molecule has 1 saturated heterocycles. The number of ether oxygens (including phenoxy) is 1. The fourth-order valence-corrected chi connectivity index (χ4v) is 5.26. The van der Waals surface area contributed by atoms with Crippen LogP contribution in [-0.2, 0) is 14.9 Å². The van der Waals surface area contributed by atoms with Crippen molar-refractivity contribution in [3.8, 4) is 11.5 Å². The minimum absolute atomic E-state index is 0.0655. The third kappa shape index (κ3) is 4.88. The van der Waals surface area contributed by atoms with E-state index in [0.717, 1.165) is 11.3 Å². The lowest BCUT2D eigenvalue weighted by Gasteiger charge is -2.24. The van der Waals surface area contributed by atoms with Crippen molar-refractivity contribution >= 4 is 21.4 Å². The van der Waals surface area contributed by atoms with Gasteiger partial charge in [-0.05, 0) is 54.1 Å². The predicted molar refractivity (Wildman–Crippen MR) is 127 cm³/mol. The first-order valence-corrected chi connectivity index (χ1v) is 11.9. The molecule has 0 aromatic heterocycles. The molecule has 3 aromatic rings. The molecule has 168 valence electrons. The summed E-state index contributed by atoms with van der Waals surface area (Å²) < 4.78 is 35.2. The van der Waals surface area contributed by atoms with E-state index in [0.29, 0.717) is 17.2 Å². The van der Waals surface area contributed by atoms with Gasteiger partial charge in [-0.25, -0.2) is 8.42 Å². The minimum atomic E-state index is -3.72. The van der Waals surface area contributed by atoms with E-state index in [1.165, 1.54) is 0 Å². The maximum Gasteiger partial charge on any atom is 0.239 e. The topological polar surface area (TPSA) is 71.1 Å². The Morgan fingerprint density at radius 3 is 2.34 bits per heavy atom. The van der Waals surface area contributed by atoms with E-state index < -0.39 is 21.3 Å². The molecule has 1 heterocycles. The third-order valence-corrected chi connectivity index (χ3v) is 7.12. The fourth-order valence-electron chi connectivity index (χ4n) is 3.73. The molecule has 0 saturated carbocycles. The molecule has 4 rings (SSSR count). The van der Waals surface area contributed by atoms with Gasteiger partial charge in [0.2, 0.25) is 10.0 Å². The zero-order valence-corrected chi connectivity index (χ0v) is 19.1. The second-order valence-electron chi connectivity index (χ2n) is 7.90. The van der Waals surface area contributed by atoms with Crippen molar-refractivity contribution in [2.24, 2.45) is 0 Å². The number of hydrogen-bond acceptors (Lipinski definition) is 6. The zero-order chi connectivity index (χ0) is 22.7. The number of hydrogen-bond donors (Lipinski definition) is 1. The Morgan fingerprint density at radius 1 is 0.969 bits per heavy atom. The van der Waals surface area contributed by atoms with Crippen molar-refractivity contribution in [3.05, 3.63) is 84.4 Å². The molecule has 0 amide bonds. The Morgan fingerprint density at radius 2 is 1.66 bits per heavy atom. The summed E-state index contributed by atoms with van der Waals surface area (Å²) in [5.41, 5.74) is 2.31. The van der Waals surface area contributed by atoms with Crippen LogP contribution in [0, 0.1) is 0 Å². The summed E-state index contributed by atoms with van der Waals surface area (Å²) >= 11 is 0. The number of benzene rings is 3. The van der Waals surface area contributed by atoms with Crippen LogP contribution in [0.15, 0.2) is 78.9 Å². The molecule has 8 heteroatoms. The zero-order valence-electron chi connectivity index (χ0n) is 18.3. The van der Waals surface area contributed by atoms with E-state index in [1.54, 1.807) is 24.2 Å². The summed E-state index contributed by atoms with van der Waals surface area (Å²) in [5.74, 6) is 1.35. The van der Waals surface area contributed by atoms with E-state index in [2.05, 4.69) is 4.72 Å². The van der Waals surface area contributed by atoms with Crippen LogP contribution in [0.2, 0.25) is 0 Å². The number of sulfonamides is 1. The molecule has 1 aliphatic heterocycles. The molecule has 1 N–H and O–H groups in total. The Hall–Kier alpha value is -3.07. The SMILES string of the molecule is CN(C)c1ccc(NS(=O)(=O)C2CON(C)C2c2cccc(Oc3ccccc3)c2)cc1. The molecule has 2 unspecified atom stereocenters. The second kappa shape index (κ2) is 9.20. The Balaban J connectivity index is 1.56. The van der Waals surface area contributed by atoms with Gasteiger partial charge >= 0.3 is 0 Å². The number of para-hydroxylation sites is 1. The number of nitrogens with one attached hydrogen (secondary N) is 1. The molecule has 0 spiro atoms. The lowest BCUT2D eigenvalue weighted by molar-refractivity contribution is -0.110. The number of nitrogens with zero attached hydrogens (tertiary/aromatic N) is 2. The van der Waals surface area contributed by atoms with Gasteiger partial charge in [0.05, 0.1) is 12.6 Å². The lowest BCUT2D eigenvalue weighted by atomic mass is 10.0. The van der Waals surface area contributed by atoms with Gasteiger partial charge < -0.3 is 9.64 Å². The fraction of sp³-hybridized carbons (Fsp3) is 0.250. The maximum atomic E-state index is 13.3. The smallest absolute Gasteiger partial charge is 0.239 e. The Labute approximate surface area is 189 Å². The van der Waals surface area contributed by atoms with Crippen molar-refractivity contribution in [2.75, 3.05) is 37.4 Å². The maximum absolute atomic E-state index is 13.3. The van der Waals surface area contributed by atoms with E-state index >= 15 is 0 Å². The average Bonchev–Trinajstić information content (AvgIpc) is 3.17. The second-order valence-corrected chi connectivity index (χ2v) is 9.80. The molecule has 0 aliphatic carbocycles. The van der Waals surface area contributed by atoms with Crippen molar-refractivity contribution in [1.82, 2.24) is 5.06 Å². The van der Waals surface area contributed by atoms with Crippen LogP contribution in [0.1, 0.15) is 11.6 Å². The standard InChI is InChI=1S/C24H27N3O4S/c1-26(2)20-14-12-19(13-15-20)25-32(28,29)23-17-30-27(3)24(23)18-8-7-11-22(16-18)31-21-9-5-4-6-10-21/h4-16,23-25H,17H2,1-3H3. The van der Waals surface area contributed by atoms with Gasteiger partial charge in [0.1, 0.15) is 16.7 Å². The first kappa shape index (κ1) is 22.1. The van der Waals surface area contributed by atoms with Gasteiger partial charge in [-0.15, -0.1) is 0 Å². The summed E-state index contributed by atoms with van der Waals surface area (Å²) in [5, 5.41) is 0.814. The average molecular weight is 454 g/mol. The largest absolute Gasteiger partial charge is 0.457 e. The van der Waals surface area contributed by atoms with Gasteiger partial charge in [0.15, 0.2) is 0 Å². The molecule has 0 bridgehead atoms.